The number of benzene rings is 1. The molecule has 0 aliphatic carbocycles. The molecular weight excluding hydrogens is 212 g/mol. The molecule has 0 aromatic heterocycles. The van der Waals surface area contributed by atoms with Crippen molar-refractivity contribution in [1.29, 1.82) is 0 Å². The topological polar surface area (TPSA) is 13.6 Å². The minimum absolute atomic E-state index is 0.0713. The van der Waals surface area contributed by atoms with Crippen LogP contribution in [0.2, 0.25) is 0 Å². The van der Waals surface area contributed by atoms with Crippen LogP contribution in [0.5, 0.6) is 5.75 Å². The Kier molecular flexibility index (Phi) is 3.48. The second-order valence-electron chi connectivity index (χ2n) is 4.42. The lowest BCUT2D eigenvalue weighted by Gasteiger charge is -2.20. The average Bonchev–Trinajstić information content (AvgIpc) is 2.15. The molecule has 0 bridgehead atoms. The van der Waals surface area contributed by atoms with Crippen LogP contribution < -0.4 is 4.74 Å². The Morgan fingerprint density at radius 2 is 1.94 bits per heavy atom. The zero-order valence-corrected chi connectivity index (χ0v) is 9.42. The van der Waals surface area contributed by atoms with Crippen LogP contribution in [0.25, 0.3) is 4.85 Å². The molecule has 0 amide bonds. The van der Waals surface area contributed by atoms with E-state index in [2.05, 4.69) is 9.58 Å². The lowest BCUT2D eigenvalue weighted by Crippen LogP contribution is -2.11. The monoisotopic (exact) mass is 225 g/mol. The van der Waals surface area contributed by atoms with Crippen molar-refractivity contribution in [3.8, 4) is 5.75 Å². The van der Waals surface area contributed by atoms with Crippen LogP contribution in [-0.2, 0) is 5.41 Å². The van der Waals surface area contributed by atoms with Gasteiger partial charge in [-0.3, -0.25) is 0 Å². The summed E-state index contributed by atoms with van der Waals surface area (Å²) in [5.74, 6) is -0.0713. The van der Waals surface area contributed by atoms with E-state index in [-0.39, 0.29) is 16.9 Å². The summed E-state index contributed by atoms with van der Waals surface area (Å²) < 4.78 is 28.3. The van der Waals surface area contributed by atoms with E-state index in [4.69, 9.17) is 6.57 Å². The van der Waals surface area contributed by atoms with Gasteiger partial charge in [0.2, 0.25) is 5.69 Å². The Balaban J connectivity index is 3.13. The van der Waals surface area contributed by atoms with Crippen molar-refractivity contribution in [2.24, 2.45) is 0 Å². The number of halogens is 2. The highest BCUT2D eigenvalue weighted by molar-refractivity contribution is 5.59. The first kappa shape index (κ1) is 12.4. The van der Waals surface area contributed by atoms with Crippen LogP contribution in [-0.4, -0.2) is 6.61 Å². The third-order valence-corrected chi connectivity index (χ3v) is 2.16. The van der Waals surface area contributed by atoms with Crippen LogP contribution in [0, 0.1) is 6.57 Å². The molecule has 1 rings (SSSR count). The summed E-state index contributed by atoms with van der Waals surface area (Å²) >= 11 is 0. The molecule has 1 aromatic rings. The number of nitrogens with zero attached hydrogens (tertiary/aromatic N) is 1. The van der Waals surface area contributed by atoms with Crippen molar-refractivity contribution < 1.29 is 13.5 Å². The molecule has 0 aliphatic heterocycles. The predicted octanol–water partition coefficient (Wildman–Crippen LogP) is 4.14. The quantitative estimate of drug-likeness (QED) is 0.690. The summed E-state index contributed by atoms with van der Waals surface area (Å²) in [7, 11) is 0. The van der Waals surface area contributed by atoms with Gasteiger partial charge in [-0.15, -0.1) is 0 Å². The Morgan fingerprint density at radius 3 is 2.38 bits per heavy atom. The first-order chi connectivity index (χ1) is 7.34. The van der Waals surface area contributed by atoms with Gasteiger partial charge in [0, 0.05) is 0 Å². The maximum absolute atomic E-state index is 12.0. The van der Waals surface area contributed by atoms with E-state index in [1.807, 2.05) is 20.8 Å². The lowest BCUT2D eigenvalue weighted by molar-refractivity contribution is -0.0492. The molecule has 16 heavy (non-hydrogen) atoms. The average molecular weight is 225 g/mol. The summed E-state index contributed by atoms with van der Waals surface area (Å²) in [6.45, 7) is 10.00. The minimum Gasteiger partial charge on any atom is -0.447 e. The fraction of sp³-hybridized carbons (Fsp3) is 0.417. The molecule has 0 unspecified atom stereocenters. The maximum atomic E-state index is 12.0. The highest BCUT2D eigenvalue weighted by Crippen LogP contribution is 2.34. The Morgan fingerprint density at radius 1 is 1.31 bits per heavy atom. The van der Waals surface area contributed by atoms with Crippen LogP contribution in [0.15, 0.2) is 18.2 Å². The van der Waals surface area contributed by atoms with Crippen molar-refractivity contribution in [3.05, 3.63) is 35.2 Å². The number of alkyl halides is 2. The smallest absolute Gasteiger partial charge is 0.386 e. The van der Waals surface area contributed by atoms with E-state index in [0.29, 0.717) is 0 Å². The summed E-state index contributed by atoms with van der Waals surface area (Å²) in [5, 5.41) is 0. The standard InChI is InChI=1S/C12H13F2NO/c1-12(2,3)8-5-6-10(16-11(13)14)9(7-8)15-4/h5-7,11H,1-3H3. The largest absolute Gasteiger partial charge is 0.447 e. The van der Waals surface area contributed by atoms with E-state index in [9.17, 15) is 8.78 Å². The van der Waals surface area contributed by atoms with Crippen molar-refractivity contribution in [1.82, 2.24) is 0 Å². The van der Waals surface area contributed by atoms with Crippen molar-refractivity contribution >= 4 is 5.69 Å². The van der Waals surface area contributed by atoms with Gasteiger partial charge < -0.3 is 4.74 Å². The van der Waals surface area contributed by atoms with E-state index in [0.717, 1.165) is 5.56 Å². The normalized spacial score (nSPS) is 11.3. The second-order valence-corrected chi connectivity index (χ2v) is 4.42. The highest BCUT2D eigenvalue weighted by atomic mass is 19.3. The number of rotatable bonds is 2. The predicted molar refractivity (Wildman–Crippen MR) is 58.0 cm³/mol. The van der Waals surface area contributed by atoms with Gasteiger partial charge in [-0.25, -0.2) is 4.85 Å². The van der Waals surface area contributed by atoms with Crippen LogP contribution in [0.3, 0.4) is 0 Å². The van der Waals surface area contributed by atoms with E-state index in [1.54, 1.807) is 12.1 Å². The SMILES string of the molecule is [C-]#[N+]c1cc(C(C)(C)C)ccc1OC(F)F. The lowest BCUT2D eigenvalue weighted by atomic mass is 9.87. The summed E-state index contributed by atoms with van der Waals surface area (Å²) in [6, 6.07) is 4.71. The third-order valence-electron chi connectivity index (χ3n) is 2.16. The molecule has 2 nitrogen and oxygen atoms in total. The molecule has 0 radical (unpaired) electrons. The van der Waals surface area contributed by atoms with E-state index >= 15 is 0 Å². The summed E-state index contributed by atoms with van der Waals surface area (Å²) in [4.78, 5) is 3.19. The fourth-order valence-electron chi connectivity index (χ4n) is 1.27. The first-order valence-corrected chi connectivity index (χ1v) is 4.81. The Labute approximate surface area is 93.7 Å². The zero-order chi connectivity index (χ0) is 12.3. The van der Waals surface area contributed by atoms with Gasteiger partial charge in [-0.1, -0.05) is 32.4 Å². The second kappa shape index (κ2) is 4.48. The number of ether oxygens (including phenoxy) is 1. The highest BCUT2D eigenvalue weighted by Gasteiger charge is 2.17. The third kappa shape index (κ3) is 2.93. The van der Waals surface area contributed by atoms with E-state index < -0.39 is 6.61 Å². The van der Waals surface area contributed by atoms with Crippen molar-refractivity contribution in [2.45, 2.75) is 32.8 Å². The first-order valence-electron chi connectivity index (χ1n) is 4.81. The summed E-state index contributed by atoms with van der Waals surface area (Å²) in [6.07, 6.45) is 0. The van der Waals surface area contributed by atoms with Gasteiger partial charge in [0.25, 0.3) is 0 Å². The maximum Gasteiger partial charge on any atom is 0.386 e. The van der Waals surface area contributed by atoms with Gasteiger partial charge in [0.1, 0.15) is 5.75 Å². The molecule has 0 N–H and O–H groups in total. The minimum atomic E-state index is -2.90. The molecule has 1 aromatic carbocycles. The van der Waals surface area contributed by atoms with Crippen LogP contribution in [0.4, 0.5) is 14.5 Å². The molecule has 86 valence electrons. The van der Waals surface area contributed by atoms with Gasteiger partial charge in [0.15, 0.2) is 0 Å². The molecular formula is C12H13F2NO. The Bertz CT molecular complexity index is 416. The number of hydrogen-bond donors (Lipinski definition) is 0. The molecule has 0 saturated carbocycles. The van der Waals surface area contributed by atoms with Gasteiger partial charge >= 0.3 is 6.61 Å². The Hall–Kier alpha value is -1.63. The molecule has 0 saturated heterocycles. The van der Waals surface area contributed by atoms with Crippen LogP contribution >= 0.6 is 0 Å². The molecule has 0 fully saturated rings. The summed E-state index contributed by atoms with van der Waals surface area (Å²) in [5.41, 5.74) is 0.913. The van der Waals surface area contributed by atoms with Crippen molar-refractivity contribution in [2.75, 3.05) is 0 Å². The molecule has 0 atom stereocenters. The van der Waals surface area contributed by atoms with Gasteiger partial charge in [-0.2, -0.15) is 8.78 Å². The van der Waals surface area contributed by atoms with E-state index in [1.165, 1.54) is 6.07 Å². The molecule has 0 spiro atoms. The molecule has 0 aliphatic rings. The fourth-order valence-corrected chi connectivity index (χ4v) is 1.27. The zero-order valence-electron chi connectivity index (χ0n) is 9.42. The van der Waals surface area contributed by atoms with Gasteiger partial charge in [-0.05, 0) is 17.5 Å². The van der Waals surface area contributed by atoms with Crippen molar-refractivity contribution in [3.63, 3.8) is 0 Å². The van der Waals surface area contributed by atoms with Gasteiger partial charge in [0.05, 0.1) is 6.57 Å². The van der Waals surface area contributed by atoms with Crippen LogP contribution in [0.1, 0.15) is 26.3 Å². The molecule has 0 heterocycles. The molecule has 4 heteroatoms. The number of hydrogen-bond acceptors (Lipinski definition) is 1.